The van der Waals surface area contributed by atoms with Gasteiger partial charge in [0.2, 0.25) is 0 Å². The van der Waals surface area contributed by atoms with E-state index < -0.39 is 23.6 Å². The Morgan fingerprint density at radius 1 is 1.32 bits per heavy atom. The molecule has 1 aromatic heterocycles. The molecule has 1 aromatic rings. The summed E-state index contributed by atoms with van der Waals surface area (Å²) in [4.78, 5) is 38.4. The predicted molar refractivity (Wildman–Crippen MR) is 96.8 cm³/mol. The van der Waals surface area contributed by atoms with E-state index in [1.807, 2.05) is 0 Å². The molecule has 8 heteroatoms. The number of carbonyl (C=O) groups is 3. The van der Waals surface area contributed by atoms with Crippen LogP contribution in [0.2, 0.25) is 0 Å². The van der Waals surface area contributed by atoms with Crippen LogP contribution >= 0.6 is 11.8 Å². The van der Waals surface area contributed by atoms with Crippen molar-refractivity contribution in [1.29, 1.82) is 0 Å². The van der Waals surface area contributed by atoms with E-state index in [1.54, 1.807) is 39.8 Å². The molecule has 0 saturated heterocycles. The first-order chi connectivity index (χ1) is 11.5. The number of anilines is 1. The Labute approximate surface area is 151 Å². The van der Waals surface area contributed by atoms with Crippen molar-refractivity contribution in [1.82, 2.24) is 4.98 Å². The Morgan fingerprint density at radius 2 is 1.96 bits per heavy atom. The highest BCUT2D eigenvalue weighted by molar-refractivity contribution is 8.13. The van der Waals surface area contributed by atoms with Gasteiger partial charge < -0.3 is 9.84 Å². The zero-order valence-electron chi connectivity index (χ0n) is 15.0. The SMILES string of the molecule is CC(=O)SCC(C(=O)O)C(C)c1ccc(NC(=O)OC(C)(C)C)nc1. The lowest BCUT2D eigenvalue weighted by molar-refractivity contribution is -0.141. The van der Waals surface area contributed by atoms with E-state index in [4.69, 9.17) is 4.74 Å². The summed E-state index contributed by atoms with van der Waals surface area (Å²) in [6, 6.07) is 3.30. The smallest absolute Gasteiger partial charge is 0.413 e. The Morgan fingerprint density at radius 3 is 2.40 bits per heavy atom. The van der Waals surface area contributed by atoms with Crippen LogP contribution in [0, 0.1) is 5.92 Å². The number of carboxylic acids is 1. The van der Waals surface area contributed by atoms with Crippen molar-refractivity contribution < 1.29 is 24.2 Å². The molecule has 0 aromatic carbocycles. The number of amides is 1. The van der Waals surface area contributed by atoms with Gasteiger partial charge in [-0.3, -0.25) is 14.9 Å². The highest BCUT2D eigenvalue weighted by Gasteiger charge is 2.27. The minimum atomic E-state index is -0.961. The van der Waals surface area contributed by atoms with Crippen molar-refractivity contribution in [2.75, 3.05) is 11.1 Å². The minimum absolute atomic E-state index is 0.117. The van der Waals surface area contributed by atoms with Gasteiger partial charge in [-0.15, -0.1) is 0 Å². The number of nitrogens with zero attached hydrogens (tertiary/aromatic N) is 1. The minimum Gasteiger partial charge on any atom is -0.481 e. The number of hydrogen-bond acceptors (Lipinski definition) is 6. The van der Waals surface area contributed by atoms with Crippen molar-refractivity contribution >= 4 is 34.8 Å². The monoisotopic (exact) mass is 368 g/mol. The van der Waals surface area contributed by atoms with Gasteiger partial charge in [-0.1, -0.05) is 24.8 Å². The summed E-state index contributed by atoms with van der Waals surface area (Å²) < 4.78 is 5.14. The van der Waals surface area contributed by atoms with E-state index in [-0.39, 0.29) is 16.8 Å². The molecule has 0 radical (unpaired) electrons. The van der Waals surface area contributed by atoms with Gasteiger partial charge in [0.05, 0.1) is 5.92 Å². The summed E-state index contributed by atoms with van der Waals surface area (Å²) in [6.45, 7) is 8.46. The van der Waals surface area contributed by atoms with Crippen LogP contribution in [0.4, 0.5) is 10.6 Å². The fourth-order valence-electron chi connectivity index (χ4n) is 2.03. The fraction of sp³-hybridized carbons (Fsp3) is 0.529. The van der Waals surface area contributed by atoms with Crippen LogP contribution in [0.3, 0.4) is 0 Å². The van der Waals surface area contributed by atoms with E-state index in [0.29, 0.717) is 11.4 Å². The van der Waals surface area contributed by atoms with Crippen molar-refractivity contribution in [3.05, 3.63) is 23.9 Å². The first kappa shape index (κ1) is 21.0. The number of thioether (sulfide) groups is 1. The van der Waals surface area contributed by atoms with Gasteiger partial charge in [-0.25, -0.2) is 9.78 Å². The number of pyridine rings is 1. The van der Waals surface area contributed by atoms with Crippen molar-refractivity contribution in [3.63, 3.8) is 0 Å². The molecule has 2 atom stereocenters. The standard InChI is InChI=1S/C17H24N2O5S/c1-10(13(15(21)22)9-25-11(2)20)12-6-7-14(18-8-12)19-16(23)24-17(3,4)5/h6-8,10,13H,9H2,1-5H3,(H,21,22)(H,18,19,23). The number of hydrogen-bond donors (Lipinski definition) is 2. The number of carboxylic acid groups (broad SMARTS) is 1. The molecule has 7 nitrogen and oxygen atoms in total. The topological polar surface area (TPSA) is 106 Å². The Balaban J connectivity index is 2.77. The Kier molecular flexibility index (Phi) is 7.41. The summed E-state index contributed by atoms with van der Waals surface area (Å²) in [5.74, 6) is -1.48. The lowest BCUT2D eigenvalue weighted by atomic mass is 9.90. The van der Waals surface area contributed by atoms with Gasteiger partial charge in [0, 0.05) is 18.9 Å². The van der Waals surface area contributed by atoms with Crippen LogP contribution in [0.5, 0.6) is 0 Å². The molecule has 25 heavy (non-hydrogen) atoms. The van der Waals surface area contributed by atoms with Gasteiger partial charge >= 0.3 is 12.1 Å². The lowest BCUT2D eigenvalue weighted by Gasteiger charge is -2.20. The number of carbonyl (C=O) groups excluding carboxylic acids is 2. The molecule has 1 heterocycles. The third kappa shape index (κ3) is 7.55. The maximum atomic E-state index is 11.7. The van der Waals surface area contributed by atoms with E-state index in [0.717, 1.165) is 11.8 Å². The summed E-state index contributed by atoms with van der Waals surface area (Å²) in [5.41, 5.74) is 0.105. The normalized spacial score (nSPS) is 13.6. The van der Waals surface area contributed by atoms with Crippen LogP contribution in [-0.4, -0.2) is 38.6 Å². The first-order valence-corrected chi connectivity index (χ1v) is 8.80. The second kappa shape index (κ2) is 8.84. The molecule has 138 valence electrons. The number of aliphatic carboxylic acids is 1. The van der Waals surface area contributed by atoms with Crippen molar-refractivity contribution in [2.24, 2.45) is 5.92 Å². The second-order valence-electron chi connectivity index (χ2n) is 6.64. The van der Waals surface area contributed by atoms with Gasteiger partial charge in [0.1, 0.15) is 11.4 Å². The molecule has 0 bridgehead atoms. The number of nitrogens with one attached hydrogen (secondary N) is 1. The average molecular weight is 368 g/mol. The first-order valence-electron chi connectivity index (χ1n) is 7.81. The van der Waals surface area contributed by atoms with Gasteiger partial charge in [0.15, 0.2) is 5.12 Å². The number of ether oxygens (including phenoxy) is 1. The third-order valence-electron chi connectivity index (χ3n) is 3.33. The number of aromatic nitrogens is 1. The molecule has 2 unspecified atom stereocenters. The summed E-state index contributed by atoms with van der Waals surface area (Å²) in [7, 11) is 0. The van der Waals surface area contributed by atoms with E-state index >= 15 is 0 Å². The molecule has 0 aliphatic rings. The summed E-state index contributed by atoms with van der Waals surface area (Å²) in [6.07, 6.45) is 0.910. The average Bonchev–Trinajstić information content (AvgIpc) is 2.45. The molecule has 0 fully saturated rings. The molecular weight excluding hydrogens is 344 g/mol. The Hall–Kier alpha value is -2.09. The molecule has 0 aliphatic heterocycles. The fourth-order valence-corrected chi connectivity index (χ4v) is 2.87. The Bertz CT molecular complexity index is 625. The summed E-state index contributed by atoms with van der Waals surface area (Å²) in [5, 5.41) is 11.8. The van der Waals surface area contributed by atoms with Crippen LogP contribution in [-0.2, 0) is 14.3 Å². The van der Waals surface area contributed by atoms with Crippen LogP contribution < -0.4 is 5.32 Å². The quantitative estimate of drug-likeness (QED) is 0.791. The maximum absolute atomic E-state index is 11.7. The zero-order chi connectivity index (χ0) is 19.2. The van der Waals surface area contributed by atoms with E-state index in [9.17, 15) is 19.5 Å². The van der Waals surface area contributed by atoms with Gasteiger partial charge in [-0.2, -0.15) is 0 Å². The van der Waals surface area contributed by atoms with Gasteiger partial charge in [-0.05, 0) is 38.3 Å². The predicted octanol–water partition coefficient (Wildman–Crippen LogP) is 3.51. The zero-order valence-corrected chi connectivity index (χ0v) is 15.8. The maximum Gasteiger partial charge on any atom is 0.413 e. The highest BCUT2D eigenvalue weighted by Crippen LogP contribution is 2.28. The lowest BCUT2D eigenvalue weighted by Crippen LogP contribution is -2.27. The molecule has 0 aliphatic carbocycles. The van der Waals surface area contributed by atoms with E-state index in [2.05, 4.69) is 10.3 Å². The third-order valence-corrected chi connectivity index (χ3v) is 4.26. The van der Waals surface area contributed by atoms with Crippen LogP contribution in [0.15, 0.2) is 18.3 Å². The summed E-state index contributed by atoms with van der Waals surface area (Å²) >= 11 is 0.994. The highest BCUT2D eigenvalue weighted by atomic mass is 32.2. The molecule has 2 N–H and O–H groups in total. The van der Waals surface area contributed by atoms with E-state index in [1.165, 1.54) is 13.1 Å². The van der Waals surface area contributed by atoms with Crippen molar-refractivity contribution in [3.8, 4) is 0 Å². The largest absolute Gasteiger partial charge is 0.481 e. The molecule has 1 amide bonds. The molecular formula is C17H24N2O5S. The van der Waals surface area contributed by atoms with Crippen LogP contribution in [0.1, 0.15) is 46.1 Å². The number of rotatable bonds is 6. The van der Waals surface area contributed by atoms with Crippen molar-refractivity contribution in [2.45, 2.75) is 46.1 Å². The van der Waals surface area contributed by atoms with Gasteiger partial charge in [0.25, 0.3) is 0 Å². The molecule has 1 rings (SSSR count). The second-order valence-corrected chi connectivity index (χ2v) is 7.84. The molecule has 0 spiro atoms. The van der Waals surface area contributed by atoms with Crippen LogP contribution in [0.25, 0.3) is 0 Å². The molecule has 0 saturated carbocycles.